The van der Waals surface area contributed by atoms with Gasteiger partial charge >= 0.3 is 0 Å². The Labute approximate surface area is 98.8 Å². The smallest absolute Gasteiger partial charge is 0.175 e. The lowest BCUT2D eigenvalue weighted by atomic mass is 10.4. The Morgan fingerprint density at radius 2 is 2.25 bits per heavy atom. The van der Waals surface area contributed by atoms with E-state index in [0.29, 0.717) is 10.7 Å². The molecule has 2 N–H and O–H groups in total. The lowest BCUT2D eigenvalue weighted by Crippen LogP contribution is -2.09. The van der Waals surface area contributed by atoms with E-state index in [2.05, 4.69) is 17.1 Å². The van der Waals surface area contributed by atoms with E-state index in [1.54, 1.807) is 17.1 Å². The molecule has 86 valence electrons. The summed E-state index contributed by atoms with van der Waals surface area (Å²) in [6.07, 6.45) is 4.29. The Morgan fingerprint density at radius 3 is 2.81 bits per heavy atom. The lowest BCUT2D eigenvalue weighted by Gasteiger charge is -2.06. The summed E-state index contributed by atoms with van der Waals surface area (Å²) >= 11 is 5.85. The van der Waals surface area contributed by atoms with Crippen molar-refractivity contribution in [3.8, 4) is 5.82 Å². The number of nitrogens with two attached hydrogens (primary N) is 1. The molecule has 0 aliphatic rings. The summed E-state index contributed by atoms with van der Waals surface area (Å²) in [5, 5.41) is 9.10. The van der Waals surface area contributed by atoms with E-state index in [1.807, 2.05) is 11.6 Å². The largest absolute Gasteiger partial charge is 0.394 e. The van der Waals surface area contributed by atoms with Crippen molar-refractivity contribution in [2.75, 3.05) is 5.73 Å². The van der Waals surface area contributed by atoms with Crippen LogP contribution in [0.2, 0.25) is 5.02 Å². The third-order valence-electron chi connectivity index (χ3n) is 2.35. The highest BCUT2D eigenvalue weighted by Gasteiger charge is 2.14. The third kappa shape index (κ3) is 1.78. The van der Waals surface area contributed by atoms with Gasteiger partial charge in [-0.2, -0.15) is 10.2 Å². The zero-order valence-corrected chi connectivity index (χ0v) is 10.1. The molecule has 0 radical (unpaired) electrons. The summed E-state index contributed by atoms with van der Waals surface area (Å²) in [5.74, 6) is 0.784. The zero-order chi connectivity index (χ0) is 11.7. The van der Waals surface area contributed by atoms with Gasteiger partial charge in [0.1, 0.15) is 0 Å². The van der Waals surface area contributed by atoms with Gasteiger partial charge in [-0.05, 0) is 13.3 Å². The van der Waals surface area contributed by atoms with Crippen LogP contribution in [-0.2, 0) is 6.54 Å². The highest BCUT2D eigenvalue weighted by atomic mass is 35.5. The number of aromatic nitrogens is 4. The highest BCUT2D eigenvalue weighted by molar-refractivity contribution is 6.30. The van der Waals surface area contributed by atoms with Crippen molar-refractivity contribution in [1.82, 2.24) is 19.6 Å². The Bertz CT molecular complexity index is 499. The van der Waals surface area contributed by atoms with Gasteiger partial charge in [-0.25, -0.2) is 9.36 Å². The second-order valence-corrected chi connectivity index (χ2v) is 4.09. The predicted octanol–water partition coefficient (Wildman–Crippen LogP) is 2.02. The number of halogens is 1. The molecule has 0 bridgehead atoms. The molecule has 16 heavy (non-hydrogen) atoms. The van der Waals surface area contributed by atoms with Crippen molar-refractivity contribution in [1.29, 1.82) is 0 Å². The van der Waals surface area contributed by atoms with Gasteiger partial charge in [-0.15, -0.1) is 0 Å². The van der Waals surface area contributed by atoms with Crippen LogP contribution in [0.1, 0.15) is 19.0 Å². The first-order valence-corrected chi connectivity index (χ1v) is 5.54. The topological polar surface area (TPSA) is 61.7 Å². The molecule has 2 rings (SSSR count). The van der Waals surface area contributed by atoms with Crippen LogP contribution in [0.25, 0.3) is 5.82 Å². The van der Waals surface area contributed by atoms with Crippen molar-refractivity contribution in [2.24, 2.45) is 0 Å². The van der Waals surface area contributed by atoms with Crippen LogP contribution < -0.4 is 5.73 Å². The molecule has 2 heterocycles. The minimum atomic E-state index is 0.585. The molecule has 0 amide bonds. The number of rotatable bonds is 3. The maximum atomic E-state index is 5.99. The van der Waals surface area contributed by atoms with E-state index in [1.165, 1.54) is 0 Å². The van der Waals surface area contributed by atoms with E-state index >= 15 is 0 Å². The molecule has 0 aliphatic carbocycles. The first-order valence-electron chi connectivity index (χ1n) is 5.17. The van der Waals surface area contributed by atoms with Crippen molar-refractivity contribution in [2.45, 2.75) is 26.8 Å². The zero-order valence-electron chi connectivity index (χ0n) is 9.31. The molecule has 0 atom stereocenters. The third-order valence-corrected chi connectivity index (χ3v) is 2.54. The van der Waals surface area contributed by atoms with Crippen LogP contribution in [0.3, 0.4) is 0 Å². The molecular formula is C10H14ClN5. The van der Waals surface area contributed by atoms with E-state index in [9.17, 15) is 0 Å². The van der Waals surface area contributed by atoms with Gasteiger partial charge in [0, 0.05) is 6.54 Å². The number of anilines is 1. The fraction of sp³-hybridized carbons (Fsp3) is 0.400. The summed E-state index contributed by atoms with van der Waals surface area (Å²) in [5.41, 5.74) is 7.45. The Morgan fingerprint density at radius 1 is 1.50 bits per heavy atom. The fourth-order valence-electron chi connectivity index (χ4n) is 1.61. The predicted molar refractivity (Wildman–Crippen MR) is 63.8 cm³/mol. The summed E-state index contributed by atoms with van der Waals surface area (Å²) in [4.78, 5) is 0. The van der Waals surface area contributed by atoms with Gasteiger partial charge in [-0.3, -0.25) is 0 Å². The molecule has 0 saturated carbocycles. The Hall–Kier alpha value is -1.49. The van der Waals surface area contributed by atoms with Gasteiger partial charge in [0.05, 0.1) is 28.8 Å². The number of hydrogen-bond acceptors (Lipinski definition) is 3. The van der Waals surface area contributed by atoms with Crippen molar-refractivity contribution in [3.63, 3.8) is 0 Å². The molecule has 0 saturated heterocycles. The van der Waals surface area contributed by atoms with Gasteiger partial charge < -0.3 is 5.73 Å². The Balaban J connectivity index is 2.53. The van der Waals surface area contributed by atoms with Crippen molar-refractivity contribution < 1.29 is 0 Å². The van der Waals surface area contributed by atoms with Crippen molar-refractivity contribution in [3.05, 3.63) is 23.1 Å². The minimum Gasteiger partial charge on any atom is -0.394 e. The van der Waals surface area contributed by atoms with Crippen LogP contribution in [0, 0.1) is 6.92 Å². The molecule has 5 nitrogen and oxygen atoms in total. The van der Waals surface area contributed by atoms with Gasteiger partial charge in [0.25, 0.3) is 0 Å². The van der Waals surface area contributed by atoms with Crippen LogP contribution in [0.4, 0.5) is 5.69 Å². The van der Waals surface area contributed by atoms with Gasteiger partial charge in [0.2, 0.25) is 0 Å². The molecule has 0 fully saturated rings. The van der Waals surface area contributed by atoms with Crippen LogP contribution in [0.15, 0.2) is 12.4 Å². The Kier molecular flexibility index (Phi) is 2.87. The van der Waals surface area contributed by atoms with Crippen LogP contribution >= 0.6 is 11.6 Å². The average Bonchev–Trinajstić information content (AvgIpc) is 2.74. The second kappa shape index (κ2) is 4.17. The number of nitrogen functional groups attached to an aromatic ring is 1. The minimum absolute atomic E-state index is 0.585. The highest BCUT2D eigenvalue weighted by Crippen LogP contribution is 2.21. The second-order valence-electron chi connectivity index (χ2n) is 3.65. The van der Waals surface area contributed by atoms with Gasteiger partial charge in [-0.1, -0.05) is 18.5 Å². The summed E-state index contributed by atoms with van der Waals surface area (Å²) < 4.78 is 3.52. The first kappa shape index (κ1) is 11.0. The first-order chi connectivity index (χ1) is 7.63. The van der Waals surface area contributed by atoms with Crippen LogP contribution in [-0.4, -0.2) is 19.6 Å². The molecule has 0 spiro atoms. The maximum Gasteiger partial charge on any atom is 0.175 e. The number of hydrogen-bond donors (Lipinski definition) is 1. The summed E-state index contributed by atoms with van der Waals surface area (Å²) in [7, 11) is 0. The van der Waals surface area contributed by atoms with E-state index in [0.717, 1.165) is 24.5 Å². The number of nitrogens with zero attached hydrogens (tertiary/aromatic N) is 4. The summed E-state index contributed by atoms with van der Waals surface area (Å²) in [6.45, 7) is 4.79. The molecule has 6 heteroatoms. The molecule has 0 aliphatic heterocycles. The fourth-order valence-corrected chi connectivity index (χ4v) is 1.75. The molecule has 0 aromatic carbocycles. The van der Waals surface area contributed by atoms with E-state index in [4.69, 9.17) is 17.3 Å². The lowest BCUT2D eigenvalue weighted by molar-refractivity contribution is 0.574. The maximum absolute atomic E-state index is 5.99. The SMILES string of the molecule is CCCn1nc(C)c(N)c1-n1cc(Cl)cn1. The monoisotopic (exact) mass is 239 g/mol. The standard InChI is InChI=1S/C10H14ClN5/c1-3-4-15-10(9(12)7(2)14-15)16-6-8(11)5-13-16/h5-6H,3-4,12H2,1-2H3. The van der Waals surface area contributed by atoms with Crippen molar-refractivity contribution >= 4 is 17.3 Å². The molecule has 0 unspecified atom stereocenters. The van der Waals surface area contributed by atoms with Crippen LogP contribution in [0.5, 0.6) is 0 Å². The summed E-state index contributed by atoms with van der Waals surface area (Å²) in [6, 6.07) is 0. The van der Waals surface area contributed by atoms with E-state index < -0.39 is 0 Å². The molecule has 2 aromatic heterocycles. The molecule has 2 aromatic rings. The normalized spacial score (nSPS) is 10.9. The average molecular weight is 240 g/mol. The van der Waals surface area contributed by atoms with E-state index in [-0.39, 0.29) is 0 Å². The number of aryl methyl sites for hydroxylation is 2. The molecular weight excluding hydrogens is 226 g/mol. The quantitative estimate of drug-likeness (QED) is 0.892. The van der Waals surface area contributed by atoms with Gasteiger partial charge in [0.15, 0.2) is 5.82 Å².